The van der Waals surface area contributed by atoms with Crippen LogP contribution in [-0.4, -0.2) is 24.6 Å². The second-order valence-electron chi connectivity index (χ2n) is 9.83. The van der Waals surface area contributed by atoms with Crippen LogP contribution in [0.1, 0.15) is 38.5 Å². The molecule has 8 bridgehead atoms. The molecular weight excluding hydrogens is 264 g/mol. The summed E-state index contributed by atoms with van der Waals surface area (Å²) in [4.78, 5) is 0. The van der Waals surface area contributed by atoms with Gasteiger partial charge in [-0.3, -0.25) is 0 Å². The molecule has 7 aliphatic carbocycles. The molecule has 0 aliphatic heterocycles. The third-order valence-electron chi connectivity index (χ3n) is 7.49. The first-order chi connectivity index (χ1) is 9.28. The smallest absolute Gasteiger partial charge is 0.184 e. The minimum absolute atomic E-state index is 0.251. The highest BCUT2D eigenvalue weighted by Crippen LogP contribution is 2.73. The quantitative estimate of drug-likeness (QED) is 0.790. The Hall–Kier alpha value is 0.137. The summed E-state index contributed by atoms with van der Waals surface area (Å²) < 4.78 is 6.77. The van der Waals surface area contributed by atoms with Crippen molar-refractivity contribution in [2.24, 2.45) is 35.5 Å². The van der Waals surface area contributed by atoms with E-state index in [0.29, 0.717) is 0 Å². The molecule has 0 aromatic rings. The van der Waals surface area contributed by atoms with Crippen LogP contribution in [0.4, 0.5) is 0 Å². The molecule has 0 unspecified atom stereocenters. The van der Waals surface area contributed by atoms with Crippen molar-refractivity contribution < 1.29 is 9.53 Å². The number of aliphatic hydroxyl groups is 1. The van der Waals surface area contributed by atoms with Gasteiger partial charge < -0.3 is 9.53 Å². The molecule has 0 heterocycles. The Morgan fingerprint density at radius 1 is 0.750 bits per heavy atom. The van der Waals surface area contributed by atoms with Crippen LogP contribution in [0.2, 0.25) is 19.6 Å². The maximum atomic E-state index is 10.8. The number of hydrogen-bond acceptors (Lipinski definition) is 2. The van der Waals surface area contributed by atoms with Gasteiger partial charge in [-0.05, 0) is 93.7 Å². The Morgan fingerprint density at radius 3 is 1.45 bits per heavy atom. The van der Waals surface area contributed by atoms with Crippen molar-refractivity contribution >= 4 is 8.32 Å². The third kappa shape index (κ3) is 1.47. The molecule has 7 fully saturated rings. The lowest BCUT2D eigenvalue weighted by atomic mass is 9.34. The van der Waals surface area contributed by atoms with E-state index >= 15 is 0 Å². The molecule has 0 aromatic carbocycles. The van der Waals surface area contributed by atoms with Crippen LogP contribution in [0.15, 0.2) is 0 Å². The van der Waals surface area contributed by atoms with E-state index in [-0.39, 0.29) is 11.2 Å². The van der Waals surface area contributed by atoms with E-state index < -0.39 is 8.32 Å². The molecular formula is C17H28O2Si. The molecule has 0 radical (unpaired) electrons. The minimum atomic E-state index is -1.45. The zero-order valence-electron chi connectivity index (χ0n) is 13.1. The van der Waals surface area contributed by atoms with Crippen LogP contribution >= 0.6 is 0 Å². The van der Waals surface area contributed by atoms with Gasteiger partial charge in [-0.15, -0.1) is 0 Å². The highest BCUT2D eigenvalue weighted by molar-refractivity contribution is 6.69. The SMILES string of the molecule is C[Si](C)(C)OC12CC3C4CC5(O)CC3C(C1)C(C5)C4C2. The first kappa shape index (κ1) is 12.7. The van der Waals surface area contributed by atoms with Gasteiger partial charge in [0, 0.05) is 0 Å². The van der Waals surface area contributed by atoms with Gasteiger partial charge in [-0.2, -0.15) is 0 Å². The Morgan fingerprint density at radius 2 is 1.10 bits per heavy atom. The molecule has 3 heteroatoms. The summed E-state index contributed by atoms with van der Waals surface area (Å²) in [5.41, 5.74) is -0.0127. The molecule has 7 aliphatic rings. The Bertz CT molecular complexity index is 403. The van der Waals surface area contributed by atoms with Crippen molar-refractivity contribution in [3.05, 3.63) is 0 Å². The van der Waals surface area contributed by atoms with E-state index in [1.165, 1.54) is 19.3 Å². The monoisotopic (exact) mass is 292 g/mol. The fraction of sp³-hybridized carbons (Fsp3) is 1.00. The molecule has 2 nitrogen and oxygen atoms in total. The van der Waals surface area contributed by atoms with E-state index in [4.69, 9.17) is 4.43 Å². The molecule has 20 heavy (non-hydrogen) atoms. The summed E-state index contributed by atoms with van der Waals surface area (Å²) in [7, 11) is -1.45. The maximum Gasteiger partial charge on any atom is 0.184 e. The van der Waals surface area contributed by atoms with E-state index in [0.717, 1.165) is 54.8 Å². The second kappa shape index (κ2) is 3.38. The molecule has 112 valence electrons. The molecule has 0 saturated heterocycles. The molecule has 7 rings (SSSR count). The largest absolute Gasteiger partial charge is 0.412 e. The predicted octanol–water partition coefficient (Wildman–Crippen LogP) is 3.41. The van der Waals surface area contributed by atoms with Crippen molar-refractivity contribution in [1.29, 1.82) is 0 Å². The fourth-order valence-electron chi connectivity index (χ4n) is 7.60. The van der Waals surface area contributed by atoms with Crippen molar-refractivity contribution in [1.82, 2.24) is 0 Å². The lowest BCUT2D eigenvalue weighted by molar-refractivity contribution is -0.285. The zero-order chi connectivity index (χ0) is 13.9. The molecule has 0 spiro atoms. The predicted molar refractivity (Wildman–Crippen MR) is 80.8 cm³/mol. The summed E-state index contributed by atoms with van der Waals surface area (Å²) in [6.07, 6.45) is 7.31. The lowest BCUT2D eigenvalue weighted by Crippen LogP contribution is -2.72. The van der Waals surface area contributed by atoms with Crippen LogP contribution in [-0.2, 0) is 4.43 Å². The fourth-order valence-corrected chi connectivity index (χ4v) is 9.15. The topological polar surface area (TPSA) is 29.5 Å². The Balaban J connectivity index is 1.53. The Kier molecular flexibility index (Phi) is 2.14. The van der Waals surface area contributed by atoms with E-state index in [9.17, 15) is 5.11 Å². The van der Waals surface area contributed by atoms with Crippen LogP contribution in [0.5, 0.6) is 0 Å². The van der Waals surface area contributed by atoms with Crippen molar-refractivity contribution in [2.45, 2.75) is 69.4 Å². The number of hydrogen-bond donors (Lipinski definition) is 1. The van der Waals surface area contributed by atoms with Crippen LogP contribution in [0.25, 0.3) is 0 Å². The average molecular weight is 292 g/mol. The van der Waals surface area contributed by atoms with Gasteiger partial charge in [-0.1, -0.05) is 0 Å². The van der Waals surface area contributed by atoms with Gasteiger partial charge in [0.05, 0.1) is 11.2 Å². The van der Waals surface area contributed by atoms with Crippen molar-refractivity contribution in [2.75, 3.05) is 0 Å². The summed E-state index contributed by atoms with van der Waals surface area (Å²) in [5.74, 6) is 5.19. The van der Waals surface area contributed by atoms with Crippen LogP contribution in [0, 0.1) is 35.5 Å². The Labute approximate surface area is 123 Å². The lowest BCUT2D eigenvalue weighted by Gasteiger charge is -2.74. The van der Waals surface area contributed by atoms with Crippen molar-refractivity contribution in [3.8, 4) is 0 Å². The third-order valence-corrected chi connectivity index (χ3v) is 8.54. The zero-order valence-corrected chi connectivity index (χ0v) is 14.1. The van der Waals surface area contributed by atoms with E-state index in [2.05, 4.69) is 19.6 Å². The molecule has 0 amide bonds. The van der Waals surface area contributed by atoms with Gasteiger partial charge >= 0.3 is 0 Å². The summed E-state index contributed by atoms with van der Waals surface area (Å²) in [6.45, 7) is 7.07. The summed E-state index contributed by atoms with van der Waals surface area (Å²) in [6, 6.07) is 0. The molecule has 1 N–H and O–H groups in total. The first-order valence-electron chi connectivity index (χ1n) is 8.70. The normalized spacial score (nSPS) is 62.4. The van der Waals surface area contributed by atoms with Gasteiger partial charge in [-0.25, -0.2) is 0 Å². The van der Waals surface area contributed by atoms with Gasteiger partial charge in [0.1, 0.15) is 0 Å². The summed E-state index contributed by atoms with van der Waals surface area (Å²) >= 11 is 0. The van der Waals surface area contributed by atoms with Gasteiger partial charge in [0.25, 0.3) is 0 Å². The summed E-state index contributed by atoms with van der Waals surface area (Å²) in [5, 5.41) is 10.8. The average Bonchev–Trinajstić information content (AvgIpc) is 2.31. The first-order valence-corrected chi connectivity index (χ1v) is 12.1. The molecule has 7 saturated carbocycles. The van der Waals surface area contributed by atoms with Gasteiger partial charge in [0.2, 0.25) is 0 Å². The highest BCUT2D eigenvalue weighted by Gasteiger charge is 2.70. The standard InChI is InChI=1S/C17H28O2Si/c1-20(2,3)19-17-7-13-10-4-16(18)5-11(13)15(9-17)12(6-16)14(10)8-17/h10-15,18H,4-9H2,1-3H3. The van der Waals surface area contributed by atoms with E-state index in [1.54, 1.807) is 0 Å². The molecule has 0 aromatic heterocycles. The molecule has 0 atom stereocenters. The van der Waals surface area contributed by atoms with Crippen molar-refractivity contribution in [3.63, 3.8) is 0 Å². The second-order valence-corrected chi connectivity index (χ2v) is 14.3. The highest BCUT2D eigenvalue weighted by atomic mass is 28.4. The van der Waals surface area contributed by atoms with Crippen LogP contribution < -0.4 is 0 Å². The van der Waals surface area contributed by atoms with E-state index in [1.807, 2.05) is 0 Å². The number of rotatable bonds is 2. The van der Waals surface area contributed by atoms with Gasteiger partial charge in [0.15, 0.2) is 8.32 Å². The maximum absolute atomic E-state index is 10.8. The minimum Gasteiger partial charge on any atom is -0.412 e. The van der Waals surface area contributed by atoms with Crippen LogP contribution in [0.3, 0.4) is 0 Å².